The minimum atomic E-state index is -0.651. The van der Waals surface area contributed by atoms with Gasteiger partial charge in [0.15, 0.2) is 0 Å². The number of carbonyl (C=O) groups is 1. The van der Waals surface area contributed by atoms with Gasteiger partial charge in [0.25, 0.3) is 0 Å². The lowest BCUT2D eigenvalue weighted by Gasteiger charge is -2.21. The maximum absolute atomic E-state index is 11.0. The summed E-state index contributed by atoms with van der Waals surface area (Å²) in [6, 6.07) is 0.455. The quantitative estimate of drug-likeness (QED) is 0.679. The van der Waals surface area contributed by atoms with Crippen molar-refractivity contribution in [3.63, 3.8) is 0 Å². The second-order valence-corrected chi connectivity index (χ2v) is 4.72. The Kier molecular flexibility index (Phi) is 2.77. The lowest BCUT2D eigenvalue weighted by atomic mass is 10.1. The fourth-order valence-electron chi connectivity index (χ4n) is 2.36. The van der Waals surface area contributed by atoms with Crippen LogP contribution >= 0.6 is 0 Å². The summed E-state index contributed by atoms with van der Waals surface area (Å²) < 4.78 is 0. The van der Waals surface area contributed by atoms with E-state index < -0.39 is 11.5 Å². The maximum atomic E-state index is 11.0. The molecule has 0 radical (unpaired) electrons. The van der Waals surface area contributed by atoms with Crippen LogP contribution in [0.4, 0.5) is 0 Å². The summed E-state index contributed by atoms with van der Waals surface area (Å²) in [5, 5.41) is 12.4. The van der Waals surface area contributed by atoms with Crippen LogP contribution in [0.3, 0.4) is 0 Å². The van der Waals surface area contributed by atoms with E-state index >= 15 is 0 Å². The highest BCUT2D eigenvalue weighted by molar-refractivity contribution is 5.82. The molecular weight excluding hydrogens is 178 g/mol. The van der Waals surface area contributed by atoms with Gasteiger partial charge in [0.1, 0.15) is 5.54 Å². The second kappa shape index (κ2) is 3.89. The van der Waals surface area contributed by atoms with Crippen LogP contribution in [0.25, 0.3) is 0 Å². The van der Waals surface area contributed by atoms with Gasteiger partial charge >= 0.3 is 5.97 Å². The first-order chi connectivity index (χ1) is 6.73. The summed E-state index contributed by atoms with van der Waals surface area (Å²) in [5.74, 6) is -0.651. The van der Waals surface area contributed by atoms with Crippen molar-refractivity contribution in [1.82, 2.24) is 5.32 Å². The molecule has 0 amide bonds. The Balaban J connectivity index is 1.86. The number of hydrogen-bond acceptors (Lipinski definition) is 2. The lowest BCUT2D eigenvalue weighted by molar-refractivity contribution is -0.141. The predicted molar refractivity (Wildman–Crippen MR) is 54.2 cm³/mol. The molecule has 2 N–H and O–H groups in total. The van der Waals surface area contributed by atoms with E-state index in [-0.39, 0.29) is 0 Å². The maximum Gasteiger partial charge on any atom is 0.323 e. The average Bonchev–Trinajstić information content (AvgIpc) is 2.91. The fraction of sp³-hybridized carbons (Fsp3) is 0.909. The molecule has 0 aliphatic heterocycles. The summed E-state index contributed by atoms with van der Waals surface area (Å²) in [6.07, 6.45) is 9.11. The molecule has 3 heteroatoms. The van der Waals surface area contributed by atoms with Gasteiger partial charge < -0.3 is 5.11 Å². The lowest BCUT2D eigenvalue weighted by Crippen LogP contribution is -2.45. The van der Waals surface area contributed by atoms with E-state index in [9.17, 15) is 4.79 Å². The molecule has 80 valence electrons. The van der Waals surface area contributed by atoms with E-state index in [4.69, 9.17) is 5.11 Å². The molecule has 2 rings (SSSR count). The third-order valence-electron chi connectivity index (χ3n) is 3.49. The molecule has 3 nitrogen and oxygen atoms in total. The van der Waals surface area contributed by atoms with Crippen LogP contribution in [0.5, 0.6) is 0 Å². The van der Waals surface area contributed by atoms with E-state index in [1.54, 1.807) is 0 Å². The standard InChI is InChI=1S/C11H19NO2/c13-10(14)11(7-8-11)12-9-5-3-1-2-4-6-9/h9,12H,1-8H2,(H,13,14). The molecule has 0 unspecified atom stereocenters. The number of hydrogen-bond donors (Lipinski definition) is 2. The minimum Gasteiger partial charge on any atom is -0.480 e. The minimum absolute atomic E-state index is 0.455. The molecule has 0 bridgehead atoms. The Morgan fingerprint density at radius 2 is 1.71 bits per heavy atom. The number of rotatable bonds is 3. The van der Waals surface area contributed by atoms with Gasteiger partial charge in [-0.15, -0.1) is 0 Å². The molecule has 0 atom stereocenters. The van der Waals surface area contributed by atoms with Crippen molar-refractivity contribution in [2.75, 3.05) is 0 Å². The van der Waals surface area contributed by atoms with Crippen molar-refractivity contribution < 1.29 is 9.90 Å². The number of aliphatic carboxylic acids is 1. The molecule has 2 saturated carbocycles. The van der Waals surface area contributed by atoms with Crippen LogP contribution in [-0.2, 0) is 4.79 Å². The first-order valence-corrected chi connectivity index (χ1v) is 5.74. The van der Waals surface area contributed by atoms with Crippen LogP contribution < -0.4 is 5.32 Å². The monoisotopic (exact) mass is 197 g/mol. The predicted octanol–water partition coefficient (Wildman–Crippen LogP) is 1.92. The van der Waals surface area contributed by atoms with Crippen molar-refractivity contribution >= 4 is 5.97 Å². The molecule has 14 heavy (non-hydrogen) atoms. The van der Waals surface area contributed by atoms with E-state index in [2.05, 4.69) is 5.32 Å². The molecule has 0 aromatic carbocycles. The molecule has 2 fully saturated rings. The highest BCUT2D eigenvalue weighted by atomic mass is 16.4. The summed E-state index contributed by atoms with van der Waals surface area (Å²) in [4.78, 5) is 11.0. The van der Waals surface area contributed by atoms with Crippen LogP contribution in [0.15, 0.2) is 0 Å². The summed E-state index contributed by atoms with van der Waals surface area (Å²) >= 11 is 0. The number of carboxylic acids is 1. The first kappa shape index (κ1) is 9.97. The van der Waals surface area contributed by atoms with Gasteiger partial charge in [0.05, 0.1) is 0 Å². The Morgan fingerprint density at radius 1 is 1.14 bits per heavy atom. The molecule has 0 saturated heterocycles. The molecular formula is C11H19NO2. The highest BCUT2D eigenvalue weighted by Gasteiger charge is 2.51. The van der Waals surface area contributed by atoms with Crippen molar-refractivity contribution in [1.29, 1.82) is 0 Å². The molecule has 0 aromatic rings. The molecule has 0 heterocycles. The molecule has 2 aliphatic rings. The second-order valence-electron chi connectivity index (χ2n) is 4.72. The third kappa shape index (κ3) is 2.08. The van der Waals surface area contributed by atoms with E-state index in [1.807, 2.05) is 0 Å². The van der Waals surface area contributed by atoms with Crippen LogP contribution in [0, 0.1) is 0 Å². The van der Waals surface area contributed by atoms with Crippen molar-refractivity contribution in [2.24, 2.45) is 0 Å². The Morgan fingerprint density at radius 3 is 2.14 bits per heavy atom. The van der Waals surface area contributed by atoms with Crippen LogP contribution in [-0.4, -0.2) is 22.7 Å². The van der Waals surface area contributed by atoms with Gasteiger partial charge in [-0.25, -0.2) is 0 Å². The Bertz CT molecular complexity index is 215. The van der Waals surface area contributed by atoms with E-state index in [0.29, 0.717) is 6.04 Å². The molecule has 0 spiro atoms. The zero-order valence-corrected chi connectivity index (χ0v) is 8.59. The fourth-order valence-corrected chi connectivity index (χ4v) is 2.36. The number of carboxylic acid groups (broad SMARTS) is 1. The molecule has 0 aromatic heterocycles. The Labute approximate surface area is 84.9 Å². The van der Waals surface area contributed by atoms with Crippen LogP contribution in [0.1, 0.15) is 51.4 Å². The summed E-state index contributed by atoms with van der Waals surface area (Å²) in [6.45, 7) is 0. The first-order valence-electron chi connectivity index (χ1n) is 5.74. The zero-order valence-electron chi connectivity index (χ0n) is 8.59. The average molecular weight is 197 g/mol. The topological polar surface area (TPSA) is 49.3 Å². The van der Waals surface area contributed by atoms with E-state index in [0.717, 1.165) is 25.7 Å². The summed E-state index contributed by atoms with van der Waals surface area (Å²) in [5.41, 5.74) is -0.533. The van der Waals surface area contributed by atoms with Gasteiger partial charge in [-0.2, -0.15) is 0 Å². The normalized spacial score (nSPS) is 26.9. The SMILES string of the molecule is O=C(O)C1(NC2CCCCCC2)CC1. The highest BCUT2D eigenvalue weighted by Crippen LogP contribution is 2.37. The Hall–Kier alpha value is -0.570. The van der Waals surface area contributed by atoms with Crippen molar-refractivity contribution in [3.8, 4) is 0 Å². The largest absolute Gasteiger partial charge is 0.480 e. The van der Waals surface area contributed by atoms with Gasteiger partial charge in [0, 0.05) is 6.04 Å². The van der Waals surface area contributed by atoms with Gasteiger partial charge in [-0.3, -0.25) is 10.1 Å². The smallest absolute Gasteiger partial charge is 0.323 e. The number of nitrogens with one attached hydrogen (secondary N) is 1. The van der Waals surface area contributed by atoms with Gasteiger partial charge in [-0.05, 0) is 25.7 Å². The van der Waals surface area contributed by atoms with Crippen molar-refractivity contribution in [2.45, 2.75) is 62.9 Å². The van der Waals surface area contributed by atoms with Gasteiger partial charge in [-0.1, -0.05) is 25.7 Å². The molecule has 2 aliphatic carbocycles. The van der Waals surface area contributed by atoms with Crippen LogP contribution in [0.2, 0.25) is 0 Å². The summed E-state index contributed by atoms with van der Waals surface area (Å²) in [7, 11) is 0. The van der Waals surface area contributed by atoms with Crippen molar-refractivity contribution in [3.05, 3.63) is 0 Å². The van der Waals surface area contributed by atoms with Gasteiger partial charge in [0.2, 0.25) is 0 Å². The zero-order chi connectivity index (χ0) is 10.0. The van der Waals surface area contributed by atoms with E-state index in [1.165, 1.54) is 25.7 Å². The third-order valence-corrected chi connectivity index (χ3v) is 3.49.